The number of benzene rings is 1. The quantitative estimate of drug-likeness (QED) is 0.176. The maximum atomic E-state index is 13.1. The number of hydrogen-bond acceptors (Lipinski definition) is 8. The van der Waals surface area contributed by atoms with E-state index in [1.807, 2.05) is 6.92 Å². The molecule has 36 heavy (non-hydrogen) atoms. The summed E-state index contributed by atoms with van der Waals surface area (Å²) in [5, 5.41) is 28.3. The van der Waals surface area contributed by atoms with Gasteiger partial charge >= 0.3 is 5.97 Å². The van der Waals surface area contributed by atoms with E-state index in [1.165, 1.54) is 6.07 Å². The summed E-state index contributed by atoms with van der Waals surface area (Å²) in [4.78, 5) is 61.4. The number of non-ortho nitro benzene ring substituents is 1. The molecule has 1 aliphatic heterocycles. The first-order valence-electron chi connectivity index (χ1n) is 11.0. The third-order valence-electron chi connectivity index (χ3n) is 5.69. The minimum atomic E-state index is -1.58. The zero-order valence-electron chi connectivity index (χ0n) is 19.7. The molecule has 0 aromatic heterocycles. The van der Waals surface area contributed by atoms with Crippen molar-refractivity contribution >= 4 is 52.0 Å². The molecule has 0 saturated heterocycles. The summed E-state index contributed by atoms with van der Waals surface area (Å²) in [5.41, 5.74) is 5.35. The number of halogens is 1. The summed E-state index contributed by atoms with van der Waals surface area (Å²) in [6.45, 7) is 7.17. The van der Waals surface area contributed by atoms with E-state index in [9.17, 15) is 34.4 Å². The number of nitrogens with two attached hydrogens (primary N) is 1. The zero-order chi connectivity index (χ0) is 27.2. The van der Waals surface area contributed by atoms with Gasteiger partial charge in [0, 0.05) is 24.3 Å². The first kappa shape index (κ1) is 28.8. The van der Waals surface area contributed by atoms with Crippen molar-refractivity contribution in [2.24, 2.45) is 11.7 Å². The summed E-state index contributed by atoms with van der Waals surface area (Å²) in [6, 6.07) is -1.20. The van der Waals surface area contributed by atoms with Crippen molar-refractivity contribution < 1.29 is 33.9 Å². The maximum Gasteiger partial charge on any atom is 0.305 e. The van der Waals surface area contributed by atoms with Crippen molar-refractivity contribution in [2.75, 3.05) is 6.61 Å². The van der Waals surface area contributed by atoms with Crippen LogP contribution in [0.4, 0.5) is 5.69 Å². The van der Waals surface area contributed by atoms with Crippen LogP contribution < -0.4 is 26.4 Å². The molecule has 1 aliphatic rings. The number of nitrogens with zero attached hydrogens (tertiary/aromatic N) is 1. The van der Waals surface area contributed by atoms with Gasteiger partial charge in [-0.25, -0.2) is 0 Å². The average molecular weight is 617 g/mol. The molecule has 0 fully saturated rings. The number of carbonyl (C=O) groups is 4. The van der Waals surface area contributed by atoms with Crippen LogP contribution in [0, 0.1) is 19.6 Å². The summed E-state index contributed by atoms with van der Waals surface area (Å²) >= 11 is 1.77. The standard InChI is InChI=1S/C22H28IN5O8/c1-4-10(2)18-22(33)25-15(11(3)24)5-6-36-19-13(7-12(28(34)35)8-14(19)23)20(31)26-16(9-17(29)30)21(32)27-18/h7-8,10,15-16,18H,3-6,9,24H2,1-2H3,(H,25,33)(H,26,31)(H,27,32)(H,29,30). The molecular formula is C22H28IN5O8. The number of rotatable bonds is 6. The molecule has 4 atom stereocenters. The smallest absolute Gasteiger partial charge is 0.305 e. The normalized spacial score (nSPS) is 22.0. The SMILES string of the molecule is C=C(N)C1CCOc2c(I)cc([N+](=O)[O-])cc2C(=O)NC(CC(=O)O)C(=O)NC(C(C)CC)C(=O)N1. The molecule has 1 aromatic carbocycles. The molecule has 0 saturated carbocycles. The summed E-state index contributed by atoms with van der Waals surface area (Å²) in [6.07, 6.45) is -0.143. The summed E-state index contributed by atoms with van der Waals surface area (Å²) < 4.78 is 6.01. The van der Waals surface area contributed by atoms with E-state index in [0.29, 0.717) is 6.42 Å². The van der Waals surface area contributed by atoms with Crippen LogP contribution in [-0.4, -0.2) is 58.5 Å². The molecular weight excluding hydrogens is 589 g/mol. The van der Waals surface area contributed by atoms with E-state index in [0.717, 1.165) is 6.07 Å². The van der Waals surface area contributed by atoms with E-state index in [-0.39, 0.29) is 39.5 Å². The molecule has 0 spiro atoms. The number of ether oxygens (including phenoxy) is 1. The van der Waals surface area contributed by atoms with Crippen molar-refractivity contribution in [2.45, 2.75) is 51.2 Å². The lowest BCUT2D eigenvalue weighted by Gasteiger charge is -2.29. The van der Waals surface area contributed by atoms with Crippen molar-refractivity contribution in [3.63, 3.8) is 0 Å². The Balaban J connectivity index is 2.60. The summed E-state index contributed by atoms with van der Waals surface area (Å²) in [5.74, 6) is -4.15. The van der Waals surface area contributed by atoms with E-state index < -0.39 is 58.8 Å². The lowest BCUT2D eigenvalue weighted by atomic mass is 9.97. The average Bonchev–Trinajstić information content (AvgIpc) is 2.79. The molecule has 3 amide bonds. The third kappa shape index (κ3) is 7.29. The number of nitrogens with one attached hydrogen (secondary N) is 3. The first-order valence-corrected chi connectivity index (χ1v) is 12.1. The fraction of sp³-hybridized carbons (Fsp3) is 0.455. The van der Waals surface area contributed by atoms with Crippen LogP contribution in [0.2, 0.25) is 0 Å². The van der Waals surface area contributed by atoms with Crippen molar-refractivity contribution in [3.8, 4) is 5.75 Å². The van der Waals surface area contributed by atoms with Crippen LogP contribution in [0.1, 0.15) is 43.5 Å². The lowest BCUT2D eigenvalue weighted by Crippen LogP contribution is -2.57. The van der Waals surface area contributed by atoms with Crippen molar-refractivity contribution in [1.29, 1.82) is 0 Å². The number of nitro groups is 1. The van der Waals surface area contributed by atoms with Gasteiger partial charge in [-0.2, -0.15) is 0 Å². The van der Waals surface area contributed by atoms with Crippen LogP contribution in [0.3, 0.4) is 0 Å². The minimum Gasteiger partial charge on any atom is -0.492 e. The third-order valence-corrected chi connectivity index (χ3v) is 6.50. The lowest BCUT2D eigenvalue weighted by molar-refractivity contribution is -0.385. The Morgan fingerprint density at radius 2 is 1.97 bits per heavy atom. The number of aliphatic carboxylic acids is 1. The number of carboxylic acid groups (broad SMARTS) is 1. The molecule has 2 rings (SSSR count). The van der Waals surface area contributed by atoms with Gasteiger partial charge in [0.2, 0.25) is 11.8 Å². The van der Waals surface area contributed by atoms with E-state index in [4.69, 9.17) is 10.5 Å². The second-order valence-electron chi connectivity index (χ2n) is 8.33. The number of carbonyl (C=O) groups excluding carboxylic acids is 3. The molecule has 4 unspecified atom stereocenters. The van der Waals surface area contributed by atoms with Gasteiger partial charge in [-0.05, 0) is 28.5 Å². The van der Waals surface area contributed by atoms with Crippen molar-refractivity contribution in [3.05, 3.63) is 43.7 Å². The van der Waals surface area contributed by atoms with Gasteiger partial charge in [0.1, 0.15) is 17.8 Å². The van der Waals surface area contributed by atoms with Gasteiger partial charge in [0.05, 0.1) is 33.1 Å². The van der Waals surface area contributed by atoms with Crippen LogP contribution in [0.5, 0.6) is 5.75 Å². The molecule has 1 heterocycles. The monoisotopic (exact) mass is 617 g/mol. The Kier molecular flexibility index (Phi) is 10.0. The van der Waals surface area contributed by atoms with Gasteiger partial charge in [-0.1, -0.05) is 26.8 Å². The Bertz CT molecular complexity index is 1080. The summed E-state index contributed by atoms with van der Waals surface area (Å²) in [7, 11) is 0. The highest BCUT2D eigenvalue weighted by molar-refractivity contribution is 14.1. The molecule has 14 heteroatoms. The molecule has 0 aliphatic carbocycles. The topological polar surface area (TPSA) is 203 Å². The van der Waals surface area contributed by atoms with Gasteiger partial charge in [-0.15, -0.1) is 0 Å². The fourth-order valence-corrected chi connectivity index (χ4v) is 4.23. The number of nitro benzene ring substituents is 1. The molecule has 196 valence electrons. The maximum absolute atomic E-state index is 13.1. The Morgan fingerprint density at radius 3 is 2.53 bits per heavy atom. The molecule has 0 bridgehead atoms. The second-order valence-corrected chi connectivity index (χ2v) is 9.49. The molecule has 1 aromatic rings. The van der Waals surface area contributed by atoms with Gasteiger partial charge < -0.3 is 31.5 Å². The van der Waals surface area contributed by atoms with Crippen LogP contribution in [-0.2, 0) is 14.4 Å². The van der Waals surface area contributed by atoms with Crippen molar-refractivity contribution in [1.82, 2.24) is 16.0 Å². The van der Waals surface area contributed by atoms with Gasteiger partial charge in [-0.3, -0.25) is 29.3 Å². The molecule has 13 nitrogen and oxygen atoms in total. The molecule has 0 radical (unpaired) electrons. The first-order chi connectivity index (χ1) is 16.8. The number of amides is 3. The number of fused-ring (bicyclic) bond motifs is 1. The second kappa shape index (κ2) is 12.5. The predicted molar refractivity (Wildman–Crippen MR) is 136 cm³/mol. The van der Waals surface area contributed by atoms with Gasteiger partial charge in [0.25, 0.3) is 11.6 Å². The largest absolute Gasteiger partial charge is 0.492 e. The molecule has 6 N–H and O–H groups in total. The Morgan fingerprint density at radius 1 is 1.31 bits per heavy atom. The van der Waals surface area contributed by atoms with Gasteiger partial charge in [0.15, 0.2) is 0 Å². The minimum absolute atomic E-state index is 0.00423. The zero-order valence-corrected chi connectivity index (χ0v) is 21.9. The van der Waals surface area contributed by atoms with Crippen LogP contribution in [0.15, 0.2) is 24.4 Å². The Labute approximate surface area is 220 Å². The van der Waals surface area contributed by atoms with E-state index in [2.05, 4.69) is 22.5 Å². The van der Waals surface area contributed by atoms with Crippen LogP contribution >= 0.6 is 22.6 Å². The highest BCUT2D eigenvalue weighted by atomic mass is 127. The fourth-order valence-electron chi connectivity index (χ4n) is 3.47. The Hall–Kier alpha value is -3.43. The highest BCUT2D eigenvalue weighted by Crippen LogP contribution is 2.31. The predicted octanol–water partition coefficient (Wildman–Crippen LogP) is 1.04. The number of hydrogen-bond donors (Lipinski definition) is 5. The number of carboxylic acids is 1. The highest BCUT2D eigenvalue weighted by Gasteiger charge is 2.33. The van der Waals surface area contributed by atoms with E-state index >= 15 is 0 Å². The van der Waals surface area contributed by atoms with E-state index in [1.54, 1.807) is 29.5 Å². The van der Waals surface area contributed by atoms with Crippen LogP contribution in [0.25, 0.3) is 0 Å².